The van der Waals surface area contributed by atoms with Gasteiger partial charge in [0.2, 0.25) is 5.91 Å². The second-order valence-corrected chi connectivity index (χ2v) is 9.93. The number of hydrogen-bond acceptors (Lipinski definition) is 7. The van der Waals surface area contributed by atoms with Gasteiger partial charge in [0.15, 0.2) is 0 Å². The summed E-state index contributed by atoms with van der Waals surface area (Å²) in [6.45, 7) is 11.4. The molecule has 0 unspecified atom stereocenters. The number of thioether (sulfide) groups is 1. The molecular weight excluding hydrogens is 466 g/mol. The SMILES string of the molecule is C=CCOC(=O)C1=C(C)NC(SCC(=O)Nc2c(C)cc(C)cc2C)=C(C#N)[C@H]1c1cccs1. The van der Waals surface area contributed by atoms with Crippen molar-refractivity contribution in [1.29, 1.82) is 5.26 Å². The number of hydrogen-bond donors (Lipinski definition) is 2. The van der Waals surface area contributed by atoms with Crippen LogP contribution in [0.15, 0.2) is 64.2 Å². The van der Waals surface area contributed by atoms with Gasteiger partial charge in [0, 0.05) is 16.3 Å². The molecule has 1 amide bonds. The summed E-state index contributed by atoms with van der Waals surface area (Å²) in [6, 6.07) is 10.1. The van der Waals surface area contributed by atoms with Gasteiger partial charge in [-0.05, 0) is 50.3 Å². The molecule has 34 heavy (non-hydrogen) atoms. The van der Waals surface area contributed by atoms with E-state index in [1.165, 1.54) is 29.2 Å². The number of esters is 1. The average molecular weight is 494 g/mol. The lowest BCUT2D eigenvalue weighted by molar-refractivity contribution is -0.138. The van der Waals surface area contributed by atoms with Crippen molar-refractivity contribution >= 4 is 40.7 Å². The zero-order valence-corrected chi connectivity index (χ0v) is 21.3. The average Bonchev–Trinajstić information content (AvgIpc) is 3.32. The van der Waals surface area contributed by atoms with Crippen molar-refractivity contribution in [3.8, 4) is 6.07 Å². The summed E-state index contributed by atoms with van der Waals surface area (Å²) >= 11 is 2.71. The first-order valence-corrected chi connectivity index (χ1v) is 12.6. The maximum absolute atomic E-state index is 12.8. The predicted octanol–water partition coefficient (Wildman–Crippen LogP) is 5.47. The van der Waals surface area contributed by atoms with Gasteiger partial charge in [0.1, 0.15) is 6.61 Å². The molecule has 0 fully saturated rings. The van der Waals surface area contributed by atoms with Crippen LogP contribution in [0.3, 0.4) is 0 Å². The van der Waals surface area contributed by atoms with E-state index >= 15 is 0 Å². The van der Waals surface area contributed by atoms with Gasteiger partial charge in [-0.1, -0.05) is 48.2 Å². The second-order valence-electron chi connectivity index (χ2n) is 7.96. The lowest BCUT2D eigenvalue weighted by atomic mass is 9.87. The molecule has 0 radical (unpaired) electrons. The van der Waals surface area contributed by atoms with Crippen LogP contribution in [-0.2, 0) is 14.3 Å². The zero-order valence-electron chi connectivity index (χ0n) is 19.7. The minimum atomic E-state index is -0.560. The van der Waals surface area contributed by atoms with E-state index in [-0.39, 0.29) is 18.3 Å². The molecule has 1 aliphatic heterocycles. The number of nitrogens with one attached hydrogen (secondary N) is 2. The molecule has 2 N–H and O–H groups in total. The van der Waals surface area contributed by atoms with Gasteiger partial charge in [0.05, 0.1) is 33.9 Å². The molecule has 1 atom stereocenters. The zero-order chi connectivity index (χ0) is 24.8. The molecule has 3 rings (SSSR count). The number of dihydropyridines is 1. The van der Waals surface area contributed by atoms with Gasteiger partial charge in [-0.15, -0.1) is 11.3 Å². The van der Waals surface area contributed by atoms with E-state index in [9.17, 15) is 14.9 Å². The molecule has 2 heterocycles. The number of nitriles is 1. The quantitative estimate of drug-likeness (QED) is 0.374. The summed E-state index contributed by atoms with van der Waals surface area (Å²) < 4.78 is 5.30. The second kappa shape index (κ2) is 11.2. The Balaban J connectivity index is 1.85. The van der Waals surface area contributed by atoms with E-state index in [1.807, 2.05) is 50.4 Å². The van der Waals surface area contributed by atoms with Crippen molar-refractivity contribution in [1.82, 2.24) is 5.32 Å². The van der Waals surface area contributed by atoms with Crippen LogP contribution in [0.1, 0.15) is 34.4 Å². The smallest absolute Gasteiger partial charge is 0.337 e. The monoisotopic (exact) mass is 493 g/mol. The topological polar surface area (TPSA) is 91.2 Å². The van der Waals surface area contributed by atoms with Crippen molar-refractivity contribution in [2.24, 2.45) is 0 Å². The Morgan fingerprint density at radius 3 is 2.59 bits per heavy atom. The van der Waals surface area contributed by atoms with Crippen LogP contribution in [0.25, 0.3) is 0 Å². The van der Waals surface area contributed by atoms with Crippen LogP contribution in [0.4, 0.5) is 5.69 Å². The van der Waals surface area contributed by atoms with E-state index in [0.717, 1.165) is 27.3 Å². The number of thiophene rings is 1. The minimum Gasteiger partial charge on any atom is -0.458 e. The Labute approximate surface area is 208 Å². The van der Waals surface area contributed by atoms with Crippen LogP contribution < -0.4 is 10.6 Å². The highest BCUT2D eigenvalue weighted by Gasteiger charge is 2.36. The minimum absolute atomic E-state index is 0.0813. The standard InChI is InChI=1S/C26H27N3O3S2/c1-6-9-32-26(31)22-18(5)28-25(19(13-27)23(22)20-8-7-10-33-20)34-14-21(30)29-24-16(3)11-15(2)12-17(24)4/h6-8,10-12,23,28H,1,9,14H2,2-5H3,(H,29,30)/t23-/m0/s1. The lowest BCUT2D eigenvalue weighted by Gasteiger charge is -2.28. The number of benzene rings is 1. The fourth-order valence-corrected chi connectivity index (χ4v) is 5.67. The van der Waals surface area contributed by atoms with Gasteiger partial charge < -0.3 is 15.4 Å². The van der Waals surface area contributed by atoms with Crippen molar-refractivity contribution in [3.05, 3.63) is 85.7 Å². The molecule has 1 aromatic heterocycles. The first kappa shape index (κ1) is 25.3. The lowest BCUT2D eigenvalue weighted by Crippen LogP contribution is -2.29. The van der Waals surface area contributed by atoms with E-state index in [2.05, 4.69) is 23.3 Å². The van der Waals surface area contributed by atoms with E-state index in [4.69, 9.17) is 4.74 Å². The van der Waals surface area contributed by atoms with Crippen molar-refractivity contribution in [3.63, 3.8) is 0 Å². The fraction of sp³-hybridized carbons (Fsp3) is 0.269. The summed E-state index contributed by atoms with van der Waals surface area (Å²) in [6.07, 6.45) is 1.50. The van der Waals surface area contributed by atoms with Crippen LogP contribution in [0.5, 0.6) is 0 Å². The molecule has 0 saturated carbocycles. The Morgan fingerprint density at radius 1 is 1.29 bits per heavy atom. The van der Waals surface area contributed by atoms with Crippen molar-refractivity contribution < 1.29 is 14.3 Å². The molecule has 176 valence electrons. The first-order valence-electron chi connectivity index (χ1n) is 10.7. The Morgan fingerprint density at radius 2 is 2.00 bits per heavy atom. The highest BCUT2D eigenvalue weighted by Crippen LogP contribution is 2.42. The van der Waals surface area contributed by atoms with E-state index < -0.39 is 11.9 Å². The highest BCUT2D eigenvalue weighted by atomic mass is 32.2. The van der Waals surface area contributed by atoms with Crippen molar-refractivity contribution in [2.75, 3.05) is 17.7 Å². The molecule has 6 nitrogen and oxygen atoms in total. The molecule has 0 spiro atoms. The number of ether oxygens (including phenoxy) is 1. The maximum atomic E-state index is 12.8. The molecule has 0 aliphatic carbocycles. The van der Waals surface area contributed by atoms with Gasteiger partial charge in [-0.2, -0.15) is 5.26 Å². The summed E-state index contributed by atoms with van der Waals surface area (Å²) in [5, 5.41) is 18.7. The molecule has 1 aliphatic rings. The molecule has 0 saturated heterocycles. The van der Waals surface area contributed by atoms with Crippen LogP contribution in [0.2, 0.25) is 0 Å². The summed E-state index contributed by atoms with van der Waals surface area (Å²) in [5.74, 6) is -1.11. The number of carbonyl (C=O) groups is 2. The number of carbonyl (C=O) groups excluding carboxylic acids is 2. The Kier molecular flexibility index (Phi) is 8.37. The van der Waals surface area contributed by atoms with Crippen molar-refractivity contribution in [2.45, 2.75) is 33.6 Å². The third-order valence-electron chi connectivity index (χ3n) is 5.32. The molecule has 0 bridgehead atoms. The first-order chi connectivity index (χ1) is 16.3. The number of rotatable bonds is 8. The Hall–Kier alpha value is -3.28. The summed E-state index contributed by atoms with van der Waals surface area (Å²) in [4.78, 5) is 26.5. The van der Waals surface area contributed by atoms with Gasteiger partial charge in [0.25, 0.3) is 0 Å². The fourth-order valence-electron chi connectivity index (χ4n) is 3.94. The normalized spacial score (nSPS) is 15.4. The van der Waals surface area contributed by atoms with Gasteiger partial charge in [-0.25, -0.2) is 4.79 Å². The summed E-state index contributed by atoms with van der Waals surface area (Å²) in [7, 11) is 0. The summed E-state index contributed by atoms with van der Waals surface area (Å²) in [5.41, 5.74) is 5.33. The highest BCUT2D eigenvalue weighted by molar-refractivity contribution is 8.03. The number of amides is 1. The third kappa shape index (κ3) is 5.61. The van der Waals surface area contributed by atoms with Gasteiger partial charge >= 0.3 is 5.97 Å². The number of aryl methyl sites for hydroxylation is 3. The predicted molar refractivity (Wildman–Crippen MR) is 138 cm³/mol. The molecule has 8 heteroatoms. The largest absolute Gasteiger partial charge is 0.458 e. The molecular formula is C26H27N3O3S2. The van der Waals surface area contributed by atoms with Gasteiger partial charge in [-0.3, -0.25) is 4.79 Å². The Bertz CT molecular complexity index is 1200. The third-order valence-corrected chi connectivity index (χ3v) is 7.27. The van der Waals surface area contributed by atoms with E-state index in [1.54, 1.807) is 6.92 Å². The van der Waals surface area contributed by atoms with Crippen LogP contribution in [0, 0.1) is 32.1 Å². The number of allylic oxidation sites excluding steroid dienone is 2. The van der Waals surface area contributed by atoms with E-state index in [0.29, 0.717) is 21.9 Å². The number of anilines is 1. The maximum Gasteiger partial charge on any atom is 0.337 e. The number of nitrogens with zero attached hydrogens (tertiary/aromatic N) is 1. The molecule has 1 aromatic carbocycles. The van der Waals surface area contributed by atoms with Crippen LogP contribution >= 0.6 is 23.1 Å². The van der Waals surface area contributed by atoms with Crippen LogP contribution in [-0.4, -0.2) is 24.2 Å². The molecule has 2 aromatic rings.